The lowest BCUT2D eigenvalue weighted by atomic mass is 10.0. The second-order valence-corrected chi connectivity index (χ2v) is 9.72. The van der Waals surface area contributed by atoms with Crippen molar-refractivity contribution in [3.05, 3.63) is 83.4 Å². The molecule has 0 radical (unpaired) electrons. The van der Waals surface area contributed by atoms with E-state index in [4.69, 9.17) is 9.84 Å². The van der Waals surface area contributed by atoms with Crippen molar-refractivity contribution in [1.29, 1.82) is 0 Å². The Hall–Kier alpha value is -4.86. The Morgan fingerprint density at radius 3 is 2.34 bits per heavy atom. The Labute approximate surface area is 239 Å². The molecule has 0 aliphatic carbocycles. The average molecular weight is 561 g/mol. The molecule has 0 saturated carbocycles. The number of carboxylic acid groups (broad SMARTS) is 1. The number of aliphatic carboxylic acids is 1. The molecule has 3 rings (SSSR count). The summed E-state index contributed by atoms with van der Waals surface area (Å²) in [7, 11) is 4.83. The topological polar surface area (TPSA) is 128 Å². The summed E-state index contributed by atoms with van der Waals surface area (Å²) in [4.78, 5) is 51.9. The molecule has 0 aliphatic rings. The maximum absolute atomic E-state index is 13.2. The van der Waals surface area contributed by atoms with Crippen molar-refractivity contribution in [3.8, 4) is 5.75 Å². The molecule has 0 aromatic heterocycles. The fourth-order valence-corrected chi connectivity index (χ4v) is 4.42. The number of ether oxygens (including phenoxy) is 1. The SMILES string of the molecule is COc1cc(CC(=O)N(C)c2cccc(C(CCC(=O)O)NC(C)=O)c2)ccc1NC(=O)N(C)c1ccccc1C. The summed E-state index contributed by atoms with van der Waals surface area (Å²) in [5.41, 5.74) is 4.22. The van der Waals surface area contributed by atoms with Crippen LogP contribution < -0.4 is 25.2 Å². The predicted molar refractivity (Wildman–Crippen MR) is 159 cm³/mol. The number of rotatable bonds is 11. The number of hydrogen-bond donors (Lipinski definition) is 3. The Balaban J connectivity index is 1.72. The molecule has 1 unspecified atom stereocenters. The minimum absolute atomic E-state index is 0.0720. The number of likely N-dealkylation sites (N-methyl/N-ethyl adjacent to an activating group) is 1. The van der Waals surface area contributed by atoms with Gasteiger partial charge in [0.05, 0.1) is 25.3 Å². The average Bonchev–Trinajstić information content (AvgIpc) is 2.95. The fourth-order valence-electron chi connectivity index (χ4n) is 4.42. The number of hydrogen-bond acceptors (Lipinski definition) is 5. The van der Waals surface area contributed by atoms with Crippen LogP contribution in [0.3, 0.4) is 0 Å². The molecule has 0 aliphatic heterocycles. The number of aryl methyl sites for hydroxylation is 1. The van der Waals surface area contributed by atoms with Crippen molar-refractivity contribution in [2.24, 2.45) is 0 Å². The molecule has 216 valence electrons. The summed E-state index contributed by atoms with van der Waals surface area (Å²) in [6, 6.07) is 19.0. The number of carbonyl (C=O) groups is 4. The minimum Gasteiger partial charge on any atom is -0.495 e. The normalized spacial score (nSPS) is 11.2. The number of carbonyl (C=O) groups excluding carboxylic acids is 3. The van der Waals surface area contributed by atoms with Gasteiger partial charge in [0.25, 0.3) is 0 Å². The van der Waals surface area contributed by atoms with Crippen LogP contribution in [-0.2, 0) is 20.8 Å². The van der Waals surface area contributed by atoms with Crippen LogP contribution in [0.4, 0.5) is 21.9 Å². The maximum atomic E-state index is 13.2. The van der Waals surface area contributed by atoms with Crippen LogP contribution in [0.5, 0.6) is 5.75 Å². The van der Waals surface area contributed by atoms with E-state index in [1.165, 1.54) is 23.8 Å². The second-order valence-electron chi connectivity index (χ2n) is 9.72. The number of nitrogens with zero attached hydrogens (tertiary/aromatic N) is 2. The third-order valence-corrected chi connectivity index (χ3v) is 6.70. The Kier molecular flexibility index (Phi) is 10.5. The first-order valence-electron chi connectivity index (χ1n) is 13.1. The van der Waals surface area contributed by atoms with Gasteiger partial charge in [0, 0.05) is 38.8 Å². The first-order valence-corrected chi connectivity index (χ1v) is 13.1. The van der Waals surface area contributed by atoms with Crippen LogP contribution in [0.1, 0.15) is 42.5 Å². The highest BCUT2D eigenvalue weighted by Gasteiger charge is 2.19. The summed E-state index contributed by atoms with van der Waals surface area (Å²) in [6.07, 6.45) is 0.187. The van der Waals surface area contributed by atoms with Crippen molar-refractivity contribution < 1.29 is 29.0 Å². The molecule has 3 aromatic rings. The lowest BCUT2D eigenvalue weighted by Gasteiger charge is -2.22. The van der Waals surface area contributed by atoms with E-state index >= 15 is 0 Å². The largest absolute Gasteiger partial charge is 0.495 e. The molecule has 0 bridgehead atoms. The van der Waals surface area contributed by atoms with Gasteiger partial charge in [-0.15, -0.1) is 0 Å². The smallest absolute Gasteiger partial charge is 0.326 e. The Morgan fingerprint density at radius 2 is 1.68 bits per heavy atom. The zero-order valence-electron chi connectivity index (χ0n) is 23.9. The summed E-state index contributed by atoms with van der Waals surface area (Å²) >= 11 is 0. The van der Waals surface area contributed by atoms with Gasteiger partial charge in [0.2, 0.25) is 11.8 Å². The molecule has 0 heterocycles. The van der Waals surface area contributed by atoms with Crippen LogP contribution in [0.2, 0.25) is 0 Å². The van der Waals surface area contributed by atoms with E-state index in [1.54, 1.807) is 56.6 Å². The highest BCUT2D eigenvalue weighted by molar-refractivity contribution is 6.02. The molecular formula is C31H36N4O6. The van der Waals surface area contributed by atoms with Gasteiger partial charge in [-0.1, -0.05) is 36.4 Å². The molecule has 0 fully saturated rings. The van der Waals surface area contributed by atoms with E-state index in [0.29, 0.717) is 28.3 Å². The number of carboxylic acids is 1. The Morgan fingerprint density at radius 1 is 0.951 bits per heavy atom. The van der Waals surface area contributed by atoms with Crippen LogP contribution in [-0.4, -0.2) is 50.1 Å². The van der Waals surface area contributed by atoms with Crippen molar-refractivity contribution >= 4 is 40.9 Å². The van der Waals surface area contributed by atoms with E-state index in [-0.39, 0.29) is 37.1 Å². The lowest BCUT2D eigenvalue weighted by Crippen LogP contribution is -2.31. The zero-order chi connectivity index (χ0) is 30.1. The van der Waals surface area contributed by atoms with Gasteiger partial charge >= 0.3 is 12.0 Å². The molecule has 4 amide bonds. The van der Waals surface area contributed by atoms with Gasteiger partial charge in [-0.2, -0.15) is 0 Å². The van der Waals surface area contributed by atoms with Crippen molar-refractivity contribution in [2.75, 3.05) is 36.3 Å². The van der Waals surface area contributed by atoms with Gasteiger partial charge in [-0.25, -0.2) is 4.79 Å². The Bertz CT molecular complexity index is 1420. The van der Waals surface area contributed by atoms with E-state index in [0.717, 1.165) is 11.3 Å². The highest BCUT2D eigenvalue weighted by atomic mass is 16.5. The molecule has 3 aromatic carbocycles. The molecule has 10 nitrogen and oxygen atoms in total. The van der Waals surface area contributed by atoms with Crippen LogP contribution in [0.15, 0.2) is 66.7 Å². The van der Waals surface area contributed by atoms with Crippen LogP contribution in [0.25, 0.3) is 0 Å². The minimum atomic E-state index is -0.955. The number of urea groups is 1. The van der Waals surface area contributed by atoms with Crippen molar-refractivity contribution in [2.45, 2.75) is 39.2 Å². The quantitative estimate of drug-likeness (QED) is 0.305. The summed E-state index contributed by atoms with van der Waals surface area (Å²) in [5.74, 6) is -1.00. The monoisotopic (exact) mass is 560 g/mol. The summed E-state index contributed by atoms with van der Waals surface area (Å²) in [6.45, 7) is 3.31. The van der Waals surface area contributed by atoms with Gasteiger partial charge < -0.3 is 25.4 Å². The lowest BCUT2D eigenvalue weighted by molar-refractivity contribution is -0.137. The molecule has 10 heteroatoms. The van der Waals surface area contributed by atoms with E-state index in [9.17, 15) is 19.2 Å². The molecule has 0 saturated heterocycles. The fraction of sp³-hybridized carbons (Fsp3) is 0.290. The van der Waals surface area contributed by atoms with Crippen molar-refractivity contribution in [3.63, 3.8) is 0 Å². The number of benzene rings is 3. The van der Waals surface area contributed by atoms with Crippen LogP contribution >= 0.6 is 0 Å². The van der Waals surface area contributed by atoms with Gasteiger partial charge in [0.1, 0.15) is 5.75 Å². The van der Waals surface area contributed by atoms with Gasteiger partial charge in [-0.3, -0.25) is 19.3 Å². The first-order chi connectivity index (χ1) is 19.5. The highest BCUT2D eigenvalue weighted by Crippen LogP contribution is 2.28. The van der Waals surface area contributed by atoms with E-state index in [1.807, 2.05) is 31.2 Å². The summed E-state index contributed by atoms with van der Waals surface area (Å²) < 4.78 is 5.50. The van der Waals surface area contributed by atoms with Gasteiger partial charge in [0.15, 0.2) is 0 Å². The molecule has 1 atom stereocenters. The van der Waals surface area contributed by atoms with Crippen LogP contribution in [0, 0.1) is 6.92 Å². The predicted octanol–water partition coefficient (Wildman–Crippen LogP) is 4.92. The standard InChI is InChI=1S/C31H36N4O6/c1-20-9-6-7-12-27(20)35(4)31(40)33-26-14-13-22(17-28(26)41-5)18-29(37)34(3)24-11-8-10-23(19-24)25(32-21(2)36)15-16-30(38)39/h6-14,17,19,25H,15-16,18H2,1-5H3,(H,32,36)(H,33,40)(H,38,39). The third kappa shape index (κ3) is 8.31. The zero-order valence-corrected chi connectivity index (χ0v) is 23.9. The van der Waals surface area contributed by atoms with Gasteiger partial charge in [-0.05, 0) is 60.4 Å². The maximum Gasteiger partial charge on any atom is 0.326 e. The molecule has 41 heavy (non-hydrogen) atoms. The third-order valence-electron chi connectivity index (χ3n) is 6.70. The summed E-state index contributed by atoms with van der Waals surface area (Å²) in [5, 5.41) is 14.7. The number of nitrogens with one attached hydrogen (secondary N) is 2. The molecular weight excluding hydrogens is 524 g/mol. The number of methoxy groups -OCH3 is 1. The molecule has 0 spiro atoms. The van der Waals surface area contributed by atoms with E-state index in [2.05, 4.69) is 10.6 Å². The van der Waals surface area contributed by atoms with E-state index < -0.39 is 12.0 Å². The second kappa shape index (κ2) is 14.0. The molecule has 3 N–H and O–H groups in total. The first kappa shape index (κ1) is 30.7. The number of amides is 4. The van der Waals surface area contributed by atoms with Crippen molar-refractivity contribution in [1.82, 2.24) is 5.32 Å². The number of anilines is 3. The number of para-hydroxylation sites is 1.